The molecule has 2 heterocycles. The van der Waals surface area contributed by atoms with Crippen LogP contribution in [-0.4, -0.2) is 72.4 Å². The Morgan fingerprint density at radius 1 is 1.16 bits per heavy atom. The number of likely N-dealkylation sites (N-methyl/N-ethyl adjacent to an activating group) is 1. The number of carbonyl (C=O) groups is 3. The second-order valence-corrected chi connectivity index (χ2v) is 16.5. The number of hydrogen-bond donors (Lipinski definition) is 4. The van der Waals surface area contributed by atoms with Gasteiger partial charge in [-0.1, -0.05) is 51.0 Å². The zero-order valence-electron chi connectivity index (χ0n) is 30.3. The SMILES string of the molecule is CCN[C@H]1C=C2C=CCC[C@H]2C[C@H]1COC(=O)[C@]12O[C@@]1(CC(CO)=C(C)CCC1CCNC(N)C1)C(=O)C1CCCC(CC(C)C)C1C2=O. The topological polar surface area (TPSA) is 143 Å². The molecule has 0 aromatic carbocycles. The Kier molecular flexibility index (Phi) is 11.4. The number of piperidine rings is 1. The van der Waals surface area contributed by atoms with Crippen molar-refractivity contribution in [2.45, 2.75) is 128 Å². The van der Waals surface area contributed by atoms with Gasteiger partial charge in [-0.05, 0) is 119 Å². The number of epoxide rings is 1. The van der Waals surface area contributed by atoms with Gasteiger partial charge in [0.15, 0.2) is 17.2 Å². The summed E-state index contributed by atoms with van der Waals surface area (Å²) < 4.78 is 12.5. The van der Waals surface area contributed by atoms with Crippen molar-refractivity contribution < 1.29 is 29.0 Å². The lowest BCUT2D eigenvalue weighted by atomic mass is 9.56. The van der Waals surface area contributed by atoms with Crippen molar-refractivity contribution in [2.24, 2.45) is 47.2 Å². The summed E-state index contributed by atoms with van der Waals surface area (Å²) in [6.07, 6.45) is 16.6. The molecule has 10 atom stereocenters. The first kappa shape index (κ1) is 36.6. The molecule has 4 fully saturated rings. The number of Topliss-reactive ketones (excluding diaryl/α,β-unsaturated/α-hetero) is 2. The van der Waals surface area contributed by atoms with Crippen LogP contribution in [-0.2, 0) is 23.9 Å². The van der Waals surface area contributed by atoms with Crippen molar-refractivity contribution in [1.82, 2.24) is 10.6 Å². The number of nitrogens with one attached hydrogen (secondary N) is 2. The van der Waals surface area contributed by atoms with Crippen LogP contribution in [0, 0.1) is 41.4 Å². The normalized spacial score (nSPS) is 39.0. The van der Waals surface area contributed by atoms with Crippen LogP contribution in [0.4, 0.5) is 0 Å². The maximum absolute atomic E-state index is 14.8. The highest BCUT2D eigenvalue weighted by Crippen LogP contribution is 2.63. The second kappa shape index (κ2) is 15.2. The molecule has 49 heavy (non-hydrogen) atoms. The minimum absolute atomic E-state index is 0.00113. The molecular formula is C40H61N3O6. The fraction of sp³-hybridized carbons (Fsp3) is 0.775. The smallest absolute Gasteiger partial charge is 0.350 e. The number of ether oxygens (including phenoxy) is 2. The Bertz CT molecular complexity index is 1350. The van der Waals surface area contributed by atoms with Crippen molar-refractivity contribution >= 4 is 17.5 Å². The Labute approximate surface area is 293 Å². The number of allylic oxidation sites excluding steroid dienone is 4. The number of hydrogen-bond acceptors (Lipinski definition) is 9. The van der Waals surface area contributed by atoms with Gasteiger partial charge in [0.2, 0.25) is 0 Å². The van der Waals surface area contributed by atoms with Crippen LogP contribution in [0.5, 0.6) is 0 Å². The fourth-order valence-corrected chi connectivity index (χ4v) is 10.2. The Balaban J connectivity index is 1.27. The average Bonchev–Trinajstić information content (AvgIpc) is 3.79. The van der Waals surface area contributed by atoms with Crippen molar-refractivity contribution in [3.63, 3.8) is 0 Å². The first-order valence-corrected chi connectivity index (χ1v) is 19.4. The number of rotatable bonds is 13. The summed E-state index contributed by atoms with van der Waals surface area (Å²) in [5.74, 6) is -0.772. The van der Waals surface area contributed by atoms with Gasteiger partial charge in [0.05, 0.1) is 19.4 Å². The van der Waals surface area contributed by atoms with Gasteiger partial charge in [0, 0.05) is 30.2 Å². The Hall–Kier alpha value is -2.17. The summed E-state index contributed by atoms with van der Waals surface area (Å²) in [5, 5.41) is 17.5. The van der Waals surface area contributed by atoms with Crippen molar-refractivity contribution in [1.29, 1.82) is 0 Å². The highest BCUT2D eigenvalue weighted by atomic mass is 16.7. The van der Waals surface area contributed by atoms with E-state index in [1.165, 1.54) is 5.57 Å². The average molecular weight is 680 g/mol. The van der Waals surface area contributed by atoms with Crippen molar-refractivity contribution in [2.75, 3.05) is 26.3 Å². The number of esters is 1. The Morgan fingerprint density at radius 2 is 1.98 bits per heavy atom. The molecule has 5 unspecified atom stereocenters. The lowest BCUT2D eigenvalue weighted by molar-refractivity contribution is -0.161. The molecule has 0 aromatic rings. The van der Waals surface area contributed by atoms with Crippen LogP contribution in [0.3, 0.4) is 0 Å². The van der Waals surface area contributed by atoms with Crippen LogP contribution in [0.2, 0.25) is 0 Å². The molecule has 9 nitrogen and oxygen atoms in total. The van der Waals surface area contributed by atoms with Gasteiger partial charge < -0.3 is 30.9 Å². The minimum atomic E-state index is -1.95. The zero-order chi connectivity index (χ0) is 34.9. The molecule has 6 rings (SSSR count). The zero-order valence-corrected chi connectivity index (χ0v) is 30.3. The van der Waals surface area contributed by atoms with Gasteiger partial charge in [-0.3, -0.25) is 9.59 Å². The monoisotopic (exact) mass is 679 g/mol. The maximum atomic E-state index is 14.8. The van der Waals surface area contributed by atoms with E-state index in [9.17, 15) is 19.5 Å². The number of ketones is 2. The lowest BCUT2D eigenvalue weighted by Crippen LogP contribution is -2.60. The molecule has 0 bridgehead atoms. The summed E-state index contributed by atoms with van der Waals surface area (Å²) in [5.41, 5.74) is 5.60. The number of fused-ring (bicyclic) bond motifs is 3. The highest BCUT2D eigenvalue weighted by molar-refractivity contribution is 6.23. The Morgan fingerprint density at radius 3 is 2.71 bits per heavy atom. The predicted molar refractivity (Wildman–Crippen MR) is 189 cm³/mol. The number of carbonyl (C=O) groups excluding carboxylic acids is 3. The third-order valence-electron chi connectivity index (χ3n) is 12.9. The van der Waals surface area contributed by atoms with E-state index in [0.29, 0.717) is 29.7 Å². The highest BCUT2D eigenvalue weighted by Gasteiger charge is 2.87. The van der Waals surface area contributed by atoms with E-state index in [0.717, 1.165) is 82.9 Å². The molecule has 2 aliphatic heterocycles. The fourth-order valence-electron chi connectivity index (χ4n) is 10.2. The standard InChI is InChI=1S/C40H61N3O6/c1-5-42-33-20-28-10-7-6-9-27(28)19-30(33)23-48-38(47)40-37(46)35-29(17-24(2)3)11-8-12-32(35)36(45)39(40,49-40)21-31(22-44)25(4)13-14-26-15-16-43-34(41)18-26/h7,10,20,24,26-27,29-30,32-35,42-44H,5-6,8-9,11-19,21-23,41H2,1-4H3/t26?,27-,29?,30-,32?,33-,34?,35?,39-,40-/m0/s1. The molecule has 9 heteroatoms. The molecule has 6 aliphatic rings. The molecule has 2 saturated carbocycles. The van der Waals surface area contributed by atoms with E-state index in [1.807, 2.05) is 6.92 Å². The van der Waals surface area contributed by atoms with E-state index in [2.05, 4.69) is 49.6 Å². The van der Waals surface area contributed by atoms with E-state index in [-0.39, 0.29) is 55.2 Å². The van der Waals surface area contributed by atoms with Crippen LogP contribution >= 0.6 is 0 Å². The number of nitrogens with two attached hydrogens (primary N) is 1. The maximum Gasteiger partial charge on any atom is 0.350 e. The second-order valence-electron chi connectivity index (χ2n) is 16.5. The molecule has 0 amide bonds. The third kappa shape index (κ3) is 7.04. The molecule has 0 spiro atoms. The van der Waals surface area contributed by atoms with Crippen molar-refractivity contribution in [3.05, 3.63) is 34.9 Å². The van der Waals surface area contributed by atoms with Gasteiger partial charge >= 0.3 is 5.97 Å². The molecule has 2 saturated heterocycles. The van der Waals surface area contributed by atoms with E-state index in [4.69, 9.17) is 15.2 Å². The largest absolute Gasteiger partial charge is 0.463 e. The van der Waals surface area contributed by atoms with Crippen LogP contribution in [0.1, 0.15) is 105 Å². The summed E-state index contributed by atoms with van der Waals surface area (Å²) >= 11 is 0. The quantitative estimate of drug-likeness (QED) is 0.0923. The van der Waals surface area contributed by atoms with E-state index in [1.54, 1.807) is 0 Å². The minimum Gasteiger partial charge on any atom is -0.463 e. The first-order chi connectivity index (χ1) is 23.5. The van der Waals surface area contributed by atoms with Crippen molar-refractivity contribution in [3.8, 4) is 0 Å². The molecule has 0 radical (unpaired) electrons. The number of aliphatic hydroxyl groups excluding tert-OH is 1. The molecule has 0 aromatic heterocycles. The molecule has 5 N–H and O–H groups in total. The number of aliphatic hydroxyl groups is 1. The van der Waals surface area contributed by atoms with E-state index < -0.39 is 29.0 Å². The van der Waals surface area contributed by atoms with Gasteiger partial charge in [0.25, 0.3) is 5.60 Å². The summed E-state index contributed by atoms with van der Waals surface area (Å²) in [6, 6.07) is 0.0529. The summed E-state index contributed by atoms with van der Waals surface area (Å²) in [6.45, 7) is 9.95. The van der Waals surface area contributed by atoms with Gasteiger partial charge in [-0.25, -0.2) is 4.79 Å². The summed E-state index contributed by atoms with van der Waals surface area (Å²) in [7, 11) is 0. The van der Waals surface area contributed by atoms with Gasteiger partial charge in [-0.2, -0.15) is 0 Å². The molecular weight excluding hydrogens is 618 g/mol. The first-order valence-electron chi connectivity index (χ1n) is 19.4. The van der Waals surface area contributed by atoms with Crippen LogP contribution in [0.15, 0.2) is 34.9 Å². The predicted octanol–water partition coefficient (Wildman–Crippen LogP) is 4.92. The van der Waals surface area contributed by atoms with Crippen LogP contribution < -0.4 is 16.4 Å². The molecule has 4 aliphatic carbocycles. The lowest BCUT2D eigenvalue weighted by Gasteiger charge is -2.42. The van der Waals surface area contributed by atoms with Gasteiger partial charge in [0.1, 0.15) is 0 Å². The third-order valence-corrected chi connectivity index (χ3v) is 12.9. The van der Waals surface area contributed by atoms with Gasteiger partial charge in [-0.15, -0.1) is 0 Å². The van der Waals surface area contributed by atoms with Crippen LogP contribution in [0.25, 0.3) is 0 Å². The summed E-state index contributed by atoms with van der Waals surface area (Å²) in [4.78, 5) is 44.0. The van der Waals surface area contributed by atoms with E-state index >= 15 is 0 Å². The molecule has 272 valence electrons.